The van der Waals surface area contributed by atoms with E-state index in [0.717, 1.165) is 75.3 Å². The van der Waals surface area contributed by atoms with Crippen LogP contribution >= 0.6 is 0 Å². The molecule has 3 aliphatic rings. The number of hydrogen-bond donors (Lipinski definition) is 2. The van der Waals surface area contributed by atoms with Crippen LogP contribution in [0.4, 0.5) is 5.95 Å². The van der Waals surface area contributed by atoms with Crippen molar-refractivity contribution in [3.05, 3.63) is 24.2 Å². The summed E-state index contributed by atoms with van der Waals surface area (Å²) in [4.78, 5) is 9.34. The first kappa shape index (κ1) is 19.0. The molecule has 2 aromatic rings. The summed E-state index contributed by atoms with van der Waals surface area (Å²) < 4.78 is 7.96. The minimum Gasteiger partial charge on any atom is -0.379 e. The fraction of sp³-hybridized carbons (Fsp3) is 0.682. The van der Waals surface area contributed by atoms with Crippen LogP contribution < -0.4 is 11.1 Å². The number of hydrogen-bond acceptors (Lipinski definition) is 6. The molecule has 29 heavy (non-hydrogen) atoms. The highest BCUT2D eigenvalue weighted by molar-refractivity contribution is 5.62. The molecule has 1 saturated heterocycles. The molecular weight excluding hydrogens is 364 g/mol. The molecule has 2 aliphatic carbocycles. The van der Waals surface area contributed by atoms with Gasteiger partial charge in [-0.2, -0.15) is 5.10 Å². The van der Waals surface area contributed by atoms with Gasteiger partial charge in [0.2, 0.25) is 5.95 Å². The number of anilines is 1. The van der Waals surface area contributed by atoms with Gasteiger partial charge in [-0.1, -0.05) is 0 Å². The summed E-state index contributed by atoms with van der Waals surface area (Å²) >= 11 is 0. The van der Waals surface area contributed by atoms with Gasteiger partial charge < -0.3 is 15.8 Å². The fourth-order valence-electron chi connectivity index (χ4n) is 4.66. The third-order valence-electron chi connectivity index (χ3n) is 6.60. The number of nitrogens with one attached hydrogen (secondary N) is 1. The molecule has 7 heteroatoms. The fourth-order valence-corrected chi connectivity index (χ4v) is 4.66. The first-order chi connectivity index (χ1) is 14.3. The summed E-state index contributed by atoms with van der Waals surface area (Å²) in [6.45, 7) is 1.63. The summed E-state index contributed by atoms with van der Waals surface area (Å²) in [5.74, 6) is 1.51. The van der Waals surface area contributed by atoms with Crippen molar-refractivity contribution in [2.45, 2.75) is 75.9 Å². The highest BCUT2D eigenvalue weighted by Gasteiger charge is 2.29. The van der Waals surface area contributed by atoms with E-state index in [1.54, 1.807) is 0 Å². The lowest BCUT2D eigenvalue weighted by Crippen LogP contribution is -2.33. The van der Waals surface area contributed by atoms with Crippen LogP contribution in [-0.2, 0) is 11.2 Å². The first-order valence-electron chi connectivity index (χ1n) is 11.3. The molecule has 2 aromatic heterocycles. The Balaban J connectivity index is 1.39. The molecule has 7 nitrogen and oxygen atoms in total. The summed E-state index contributed by atoms with van der Waals surface area (Å²) in [5.41, 5.74) is 9.47. The summed E-state index contributed by atoms with van der Waals surface area (Å²) in [6.07, 6.45) is 14.1. The second kappa shape index (κ2) is 8.40. The van der Waals surface area contributed by atoms with E-state index in [0.29, 0.717) is 24.1 Å². The van der Waals surface area contributed by atoms with E-state index in [4.69, 9.17) is 20.6 Å². The predicted molar refractivity (Wildman–Crippen MR) is 113 cm³/mol. The SMILES string of the molecule is NC1CCC(Nc2nccc(-c3cnn(C4CCCOC4)c3CC3CC3)n2)CC1. The lowest BCUT2D eigenvalue weighted by Gasteiger charge is -2.26. The highest BCUT2D eigenvalue weighted by Crippen LogP contribution is 2.37. The predicted octanol–water partition coefficient (Wildman–Crippen LogP) is 3.33. The van der Waals surface area contributed by atoms with Crippen LogP contribution in [-0.4, -0.2) is 45.0 Å². The van der Waals surface area contributed by atoms with Gasteiger partial charge in [-0.05, 0) is 69.8 Å². The van der Waals surface area contributed by atoms with Gasteiger partial charge in [-0.3, -0.25) is 4.68 Å². The topological polar surface area (TPSA) is 90.9 Å². The molecule has 3 heterocycles. The van der Waals surface area contributed by atoms with Crippen molar-refractivity contribution in [1.29, 1.82) is 0 Å². The monoisotopic (exact) mass is 396 g/mol. The van der Waals surface area contributed by atoms with E-state index in [-0.39, 0.29) is 0 Å². The van der Waals surface area contributed by atoms with Crippen molar-refractivity contribution in [2.24, 2.45) is 11.7 Å². The van der Waals surface area contributed by atoms with Gasteiger partial charge in [0.15, 0.2) is 0 Å². The molecule has 0 aromatic carbocycles. The van der Waals surface area contributed by atoms with Crippen molar-refractivity contribution >= 4 is 5.95 Å². The van der Waals surface area contributed by atoms with E-state index < -0.39 is 0 Å². The summed E-state index contributed by atoms with van der Waals surface area (Å²) in [7, 11) is 0. The zero-order chi connectivity index (χ0) is 19.6. The molecule has 0 radical (unpaired) electrons. The molecule has 0 bridgehead atoms. The highest BCUT2D eigenvalue weighted by atomic mass is 16.5. The third-order valence-corrected chi connectivity index (χ3v) is 6.60. The standard InChI is InChI=1S/C22H32N6O/c23-16-5-7-17(8-6-16)26-22-24-10-9-20(27-22)19-13-25-28(18-2-1-11-29-14-18)21(19)12-15-3-4-15/h9-10,13,15-18H,1-8,11-12,14,23H2,(H,24,26,27). The van der Waals surface area contributed by atoms with Gasteiger partial charge in [0, 0.05) is 36.1 Å². The summed E-state index contributed by atoms with van der Waals surface area (Å²) in [6, 6.07) is 3.12. The van der Waals surface area contributed by atoms with Crippen LogP contribution in [0.15, 0.2) is 18.5 Å². The lowest BCUT2D eigenvalue weighted by atomic mass is 9.92. The molecule has 156 valence electrons. The van der Waals surface area contributed by atoms with E-state index in [2.05, 4.69) is 15.0 Å². The van der Waals surface area contributed by atoms with Crippen LogP contribution in [0.1, 0.15) is 63.1 Å². The molecule has 1 aliphatic heterocycles. The van der Waals surface area contributed by atoms with Crippen molar-refractivity contribution in [3.63, 3.8) is 0 Å². The van der Waals surface area contributed by atoms with Gasteiger partial charge >= 0.3 is 0 Å². The van der Waals surface area contributed by atoms with Crippen molar-refractivity contribution in [3.8, 4) is 11.3 Å². The second-order valence-electron chi connectivity index (χ2n) is 8.99. The first-order valence-corrected chi connectivity index (χ1v) is 11.3. The Morgan fingerprint density at radius 1 is 1.14 bits per heavy atom. The molecule has 0 amide bonds. The van der Waals surface area contributed by atoms with Gasteiger partial charge in [0.1, 0.15) is 0 Å². The van der Waals surface area contributed by atoms with Gasteiger partial charge in [0.05, 0.1) is 24.5 Å². The van der Waals surface area contributed by atoms with E-state index in [1.807, 2.05) is 18.5 Å². The van der Waals surface area contributed by atoms with Gasteiger partial charge in [-0.15, -0.1) is 0 Å². The number of rotatable bonds is 6. The van der Waals surface area contributed by atoms with Crippen molar-refractivity contribution in [2.75, 3.05) is 18.5 Å². The molecule has 1 atom stereocenters. The Hall–Kier alpha value is -1.99. The molecule has 3 N–H and O–H groups in total. The van der Waals surface area contributed by atoms with Crippen molar-refractivity contribution in [1.82, 2.24) is 19.7 Å². The van der Waals surface area contributed by atoms with Crippen LogP contribution in [0.5, 0.6) is 0 Å². The van der Waals surface area contributed by atoms with Gasteiger partial charge in [-0.25, -0.2) is 9.97 Å². The molecular formula is C22H32N6O. The van der Waals surface area contributed by atoms with Crippen LogP contribution in [0.3, 0.4) is 0 Å². The lowest BCUT2D eigenvalue weighted by molar-refractivity contribution is 0.0538. The van der Waals surface area contributed by atoms with Gasteiger partial charge in [0.25, 0.3) is 0 Å². The molecule has 2 saturated carbocycles. The molecule has 1 unspecified atom stereocenters. The van der Waals surface area contributed by atoms with Crippen LogP contribution in [0, 0.1) is 5.92 Å². The maximum absolute atomic E-state index is 6.04. The van der Waals surface area contributed by atoms with E-state index >= 15 is 0 Å². The normalized spacial score (nSPS) is 27.7. The molecule has 5 rings (SSSR count). The number of nitrogens with zero attached hydrogens (tertiary/aromatic N) is 4. The zero-order valence-electron chi connectivity index (χ0n) is 17.1. The van der Waals surface area contributed by atoms with Crippen molar-refractivity contribution < 1.29 is 4.74 Å². The van der Waals surface area contributed by atoms with Crippen LogP contribution in [0.2, 0.25) is 0 Å². The second-order valence-corrected chi connectivity index (χ2v) is 8.99. The Morgan fingerprint density at radius 2 is 2.00 bits per heavy atom. The molecule has 0 spiro atoms. The smallest absolute Gasteiger partial charge is 0.223 e. The number of nitrogens with two attached hydrogens (primary N) is 1. The van der Waals surface area contributed by atoms with E-state index in [1.165, 1.54) is 18.5 Å². The minimum atomic E-state index is 0.345. The number of ether oxygens (including phenoxy) is 1. The van der Waals surface area contributed by atoms with Crippen LogP contribution in [0.25, 0.3) is 11.3 Å². The Bertz CT molecular complexity index is 818. The number of aromatic nitrogens is 4. The largest absolute Gasteiger partial charge is 0.379 e. The molecule has 3 fully saturated rings. The maximum Gasteiger partial charge on any atom is 0.223 e. The zero-order valence-corrected chi connectivity index (χ0v) is 17.1. The third kappa shape index (κ3) is 4.46. The summed E-state index contributed by atoms with van der Waals surface area (Å²) in [5, 5.41) is 8.32. The Kier molecular flexibility index (Phi) is 5.50. The average Bonchev–Trinajstić information content (AvgIpc) is 3.48. The minimum absolute atomic E-state index is 0.345. The quantitative estimate of drug-likeness (QED) is 0.778. The average molecular weight is 397 g/mol. The maximum atomic E-state index is 6.04. The Morgan fingerprint density at radius 3 is 2.76 bits per heavy atom. The Labute approximate surface area is 172 Å². The van der Waals surface area contributed by atoms with E-state index in [9.17, 15) is 0 Å².